The predicted octanol–water partition coefficient (Wildman–Crippen LogP) is 3.46. The number of hydrogen-bond acceptors (Lipinski definition) is 5. The number of anilines is 2. The highest BCUT2D eigenvalue weighted by molar-refractivity contribution is 7.17. The highest BCUT2D eigenvalue weighted by Gasteiger charge is 2.17. The smallest absolute Gasteiger partial charge is 0.326 e. The molecule has 32 heavy (non-hydrogen) atoms. The van der Waals surface area contributed by atoms with E-state index in [0.717, 1.165) is 4.57 Å². The normalized spacial score (nSPS) is 10.8. The fourth-order valence-electron chi connectivity index (χ4n) is 3.28. The van der Waals surface area contributed by atoms with Crippen molar-refractivity contribution in [3.05, 3.63) is 85.8 Å². The lowest BCUT2D eigenvalue weighted by Crippen LogP contribution is -2.40. The molecule has 0 fully saturated rings. The Labute approximate surface area is 190 Å². The maximum absolute atomic E-state index is 13.2. The molecule has 0 radical (unpaired) electrons. The van der Waals surface area contributed by atoms with Gasteiger partial charge in [0.2, 0.25) is 11.8 Å². The molecular formula is C22H17ClN4O4S. The third-order valence-corrected chi connectivity index (χ3v) is 5.75. The van der Waals surface area contributed by atoms with E-state index in [-0.39, 0.29) is 12.5 Å². The minimum absolute atomic E-state index is 0.232. The lowest BCUT2D eigenvalue weighted by atomic mass is 10.2. The van der Waals surface area contributed by atoms with Gasteiger partial charge in [0.25, 0.3) is 5.56 Å². The van der Waals surface area contributed by atoms with Crippen LogP contribution in [0, 0.1) is 0 Å². The molecule has 0 saturated carbocycles. The molecule has 0 atom stereocenters. The van der Waals surface area contributed by atoms with Gasteiger partial charge in [-0.25, -0.2) is 9.36 Å². The van der Waals surface area contributed by atoms with E-state index < -0.39 is 17.2 Å². The van der Waals surface area contributed by atoms with Crippen LogP contribution in [0.15, 0.2) is 69.6 Å². The van der Waals surface area contributed by atoms with Crippen molar-refractivity contribution in [2.24, 2.45) is 0 Å². The zero-order chi connectivity index (χ0) is 22.8. The van der Waals surface area contributed by atoms with Crippen LogP contribution in [0.5, 0.6) is 0 Å². The minimum Gasteiger partial charge on any atom is -0.326 e. The average molecular weight is 469 g/mol. The van der Waals surface area contributed by atoms with Crippen LogP contribution in [-0.4, -0.2) is 20.9 Å². The number of fused-ring (bicyclic) bond motifs is 1. The van der Waals surface area contributed by atoms with E-state index in [9.17, 15) is 19.2 Å². The molecule has 2 N–H and O–H groups in total. The zero-order valence-corrected chi connectivity index (χ0v) is 18.4. The largest absolute Gasteiger partial charge is 0.336 e. The Morgan fingerprint density at radius 1 is 1.00 bits per heavy atom. The van der Waals surface area contributed by atoms with Crippen LogP contribution in [0.4, 0.5) is 11.4 Å². The number of carbonyl (C=O) groups excluding carboxylic acids is 2. The number of benzene rings is 2. The number of hydrogen-bond donors (Lipinski definition) is 2. The van der Waals surface area contributed by atoms with Crippen LogP contribution in [0.2, 0.25) is 5.02 Å². The maximum Gasteiger partial charge on any atom is 0.336 e. The minimum atomic E-state index is -0.634. The van der Waals surface area contributed by atoms with E-state index in [1.165, 1.54) is 22.8 Å². The van der Waals surface area contributed by atoms with Gasteiger partial charge in [-0.1, -0.05) is 17.7 Å². The number of carbonyl (C=O) groups is 2. The van der Waals surface area contributed by atoms with Gasteiger partial charge in [-0.05, 0) is 53.9 Å². The Morgan fingerprint density at radius 2 is 1.69 bits per heavy atom. The zero-order valence-electron chi connectivity index (χ0n) is 16.8. The van der Waals surface area contributed by atoms with Crippen molar-refractivity contribution < 1.29 is 9.59 Å². The first-order valence-electron chi connectivity index (χ1n) is 9.50. The molecule has 4 rings (SSSR count). The number of aromatic nitrogens is 2. The second-order valence-electron chi connectivity index (χ2n) is 6.93. The molecule has 0 saturated heterocycles. The summed E-state index contributed by atoms with van der Waals surface area (Å²) in [6, 6.07) is 14.6. The Morgan fingerprint density at radius 3 is 2.38 bits per heavy atom. The molecule has 2 aromatic carbocycles. The molecule has 8 nitrogen and oxygen atoms in total. The molecule has 0 spiro atoms. The highest BCUT2D eigenvalue weighted by Crippen LogP contribution is 2.18. The Balaban J connectivity index is 1.70. The second-order valence-corrected chi connectivity index (χ2v) is 8.28. The van der Waals surface area contributed by atoms with E-state index in [1.807, 2.05) is 0 Å². The number of amides is 2. The van der Waals surface area contributed by atoms with Crippen LogP contribution < -0.4 is 21.9 Å². The molecule has 2 heterocycles. The standard InChI is InChI=1S/C22H17ClN4O4S/c1-13(28)24-15-3-2-4-16(11-15)25-19(29)12-26-18-9-10-32-20(18)21(30)27(22(26)31)17-7-5-14(23)6-8-17/h2-11H,12H2,1H3,(H,24,28)(H,25,29). The van der Waals surface area contributed by atoms with Gasteiger partial charge in [-0.15, -0.1) is 11.3 Å². The molecule has 162 valence electrons. The number of rotatable bonds is 5. The number of halogens is 1. The summed E-state index contributed by atoms with van der Waals surface area (Å²) in [6.45, 7) is 1.09. The summed E-state index contributed by atoms with van der Waals surface area (Å²) in [5.74, 6) is -0.690. The van der Waals surface area contributed by atoms with E-state index in [0.29, 0.717) is 32.3 Å². The molecule has 0 aliphatic rings. The first kappa shape index (κ1) is 21.5. The van der Waals surface area contributed by atoms with Gasteiger partial charge in [0.05, 0.1) is 11.2 Å². The number of nitrogens with one attached hydrogen (secondary N) is 2. The lowest BCUT2D eigenvalue weighted by molar-refractivity contribution is -0.117. The summed E-state index contributed by atoms with van der Waals surface area (Å²) in [4.78, 5) is 50.2. The monoisotopic (exact) mass is 468 g/mol. The van der Waals surface area contributed by atoms with E-state index >= 15 is 0 Å². The molecule has 4 aromatic rings. The molecule has 10 heteroatoms. The van der Waals surface area contributed by atoms with Crippen molar-refractivity contribution in [2.45, 2.75) is 13.5 Å². The highest BCUT2D eigenvalue weighted by atomic mass is 35.5. The molecule has 0 bridgehead atoms. The van der Waals surface area contributed by atoms with Crippen molar-refractivity contribution in [3.8, 4) is 5.69 Å². The Hall–Kier alpha value is -3.69. The summed E-state index contributed by atoms with van der Waals surface area (Å²) >= 11 is 7.12. The van der Waals surface area contributed by atoms with Crippen molar-refractivity contribution in [1.82, 2.24) is 9.13 Å². The molecule has 2 amide bonds. The summed E-state index contributed by atoms with van der Waals surface area (Å²) in [6.07, 6.45) is 0. The van der Waals surface area contributed by atoms with Crippen molar-refractivity contribution in [2.75, 3.05) is 10.6 Å². The molecule has 0 aliphatic carbocycles. The SMILES string of the molecule is CC(=O)Nc1cccc(NC(=O)Cn2c(=O)n(-c3ccc(Cl)cc3)c(=O)c3sccc32)c1. The summed E-state index contributed by atoms with van der Waals surface area (Å²) in [7, 11) is 0. The van der Waals surface area contributed by atoms with Gasteiger partial charge in [-0.3, -0.25) is 19.0 Å². The van der Waals surface area contributed by atoms with Crippen LogP contribution >= 0.6 is 22.9 Å². The summed E-state index contributed by atoms with van der Waals surface area (Å²) in [5.41, 5.74) is 0.646. The van der Waals surface area contributed by atoms with Crippen molar-refractivity contribution in [1.29, 1.82) is 0 Å². The molecule has 0 aliphatic heterocycles. The first-order chi connectivity index (χ1) is 15.3. The third kappa shape index (κ3) is 4.34. The second kappa shape index (κ2) is 8.81. The van der Waals surface area contributed by atoms with Crippen LogP contribution in [-0.2, 0) is 16.1 Å². The lowest BCUT2D eigenvalue weighted by Gasteiger charge is -2.13. The summed E-state index contributed by atoms with van der Waals surface area (Å²) in [5, 5.41) is 7.53. The maximum atomic E-state index is 13.2. The predicted molar refractivity (Wildman–Crippen MR) is 126 cm³/mol. The Bertz CT molecular complexity index is 1450. The van der Waals surface area contributed by atoms with Crippen molar-refractivity contribution in [3.63, 3.8) is 0 Å². The molecule has 2 aromatic heterocycles. The van der Waals surface area contributed by atoms with Gasteiger partial charge in [-0.2, -0.15) is 0 Å². The third-order valence-electron chi connectivity index (χ3n) is 4.61. The number of nitrogens with zero attached hydrogens (tertiary/aromatic N) is 2. The van der Waals surface area contributed by atoms with Crippen molar-refractivity contribution >= 4 is 56.3 Å². The van der Waals surface area contributed by atoms with Gasteiger partial charge >= 0.3 is 5.69 Å². The molecule has 0 unspecified atom stereocenters. The van der Waals surface area contributed by atoms with E-state index in [1.54, 1.807) is 60.0 Å². The van der Waals surface area contributed by atoms with E-state index in [4.69, 9.17) is 11.6 Å². The van der Waals surface area contributed by atoms with E-state index in [2.05, 4.69) is 10.6 Å². The Kier molecular flexibility index (Phi) is 5.93. The van der Waals surface area contributed by atoms with Crippen LogP contribution in [0.3, 0.4) is 0 Å². The topological polar surface area (TPSA) is 102 Å². The van der Waals surface area contributed by atoms with Gasteiger partial charge < -0.3 is 10.6 Å². The fourth-order valence-corrected chi connectivity index (χ4v) is 4.23. The number of thiophene rings is 1. The quantitative estimate of drug-likeness (QED) is 0.468. The molecular weight excluding hydrogens is 452 g/mol. The van der Waals surface area contributed by atoms with Gasteiger partial charge in [0, 0.05) is 23.3 Å². The van der Waals surface area contributed by atoms with Crippen LogP contribution in [0.25, 0.3) is 15.9 Å². The van der Waals surface area contributed by atoms with Gasteiger partial charge in [0.15, 0.2) is 0 Å². The fraction of sp³-hybridized carbons (Fsp3) is 0.0909. The van der Waals surface area contributed by atoms with Gasteiger partial charge in [0.1, 0.15) is 11.2 Å². The van der Waals surface area contributed by atoms with Crippen LogP contribution in [0.1, 0.15) is 6.92 Å². The summed E-state index contributed by atoms with van der Waals surface area (Å²) < 4.78 is 2.65. The first-order valence-corrected chi connectivity index (χ1v) is 10.8. The average Bonchev–Trinajstić information content (AvgIpc) is 3.22.